The van der Waals surface area contributed by atoms with Crippen LogP contribution in [0, 0.1) is 11.6 Å². The van der Waals surface area contributed by atoms with Gasteiger partial charge in [-0.1, -0.05) is 17.2 Å². The van der Waals surface area contributed by atoms with Crippen molar-refractivity contribution in [3.63, 3.8) is 0 Å². The van der Waals surface area contributed by atoms with E-state index in [-0.39, 0.29) is 11.9 Å². The van der Waals surface area contributed by atoms with E-state index in [1.54, 1.807) is 17.8 Å². The molecular weight excluding hydrogens is 336 g/mol. The standard InChI is InChI=1S/C16H11F2N3O2S/c1-24-10-5-2-4-9(8-10)15-20-21-16(23-15)19-14(22)13-11(17)6-3-7-12(13)18/h2-8H,1H3,(H,19,21,22). The van der Waals surface area contributed by atoms with Crippen molar-refractivity contribution in [2.24, 2.45) is 0 Å². The van der Waals surface area contributed by atoms with Gasteiger partial charge in [0.25, 0.3) is 5.91 Å². The van der Waals surface area contributed by atoms with E-state index in [1.807, 2.05) is 24.5 Å². The third-order valence-electron chi connectivity index (χ3n) is 3.15. The summed E-state index contributed by atoms with van der Waals surface area (Å²) < 4.78 is 32.5. The second-order valence-corrected chi connectivity index (χ2v) is 5.57. The number of benzene rings is 2. The third-order valence-corrected chi connectivity index (χ3v) is 3.88. The van der Waals surface area contributed by atoms with Crippen molar-refractivity contribution in [3.05, 3.63) is 59.7 Å². The first kappa shape index (κ1) is 16.1. The molecule has 3 aromatic rings. The van der Waals surface area contributed by atoms with Gasteiger partial charge in [0, 0.05) is 10.5 Å². The van der Waals surface area contributed by atoms with Gasteiger partial charge in [-0.3, -0.25) is 10.1 Å². The van der Waals surface area contributed by atoms with Crippen molar-refractivity contribution in [2.45, 2.75) is 4.90 Å². The first-order valence-corrected chi connectivity index (χ1v) is 8.04. The predicted molar refractivity (Wildman–Crippen MR) is 85.8 cm³/mol. The number of amides is 1. The van der Waals surface area contributed by atoms with Gasteiger partial charge in [-0.05, 0) is 36.6 Å². The number of nitrogens with one attached hydrogen (secondary N) is 1. The molecule has 0 saturated carbocycles. The molecule has 1 N–H and O–H groups in total. The normalized spacial score (nSPS) is 10.6. The van der Waals surface area contributed by atoms with Crippen LogP contribution >= 0.6 is 11.8 Å². The lowest BCUT2D eigenvalue weighted by Gasteiger charge is -2.03. The Bertz CT molecular complexity index is 878. The largest absolute Gasteiger partial charge is 0.403 e. The lowest BCUT2D eigenvalue weighted by molar-refractivity contribution is 0.101. The van der Waals surface area contributed by atoms with Gasteiger partial charge in [0.05, 0.1) is 0 Å². The molecule has 122 valence electrons. The number of carbonyl (C=O) groups excluding carboxylic acids is 1. The molecule has 0 saturated heterocycles. The highest BCUT2D eigenvalue weighted by Gasteiger charge is 2.19. The molecule has 8 heteroatoms. The van der Waals surface area contributed by atoms with Crippen LogP contribution in [0.4, 0.5) is 14.8 Å². The molecule has 0 fully saturated rings. The fourth-order valence-electron chi connectivity index (χ4n) is 2.02. The van der Waals surface area contributed by atoms with Gasteiger partial charge in [-0.15, -0.1) is 16.9 Å². The van der Waals surface area contributed by atoms with Crippen molar-refractivity contribution in [1.29, 1.82) is 0 Å². The number of aromatic nitrogens is 2. The van der Waals surface area contributed by atoms with Crippen LogP contribution in [0.2, 0.25) is 0 Å². The van der Waals surface area contributed by atoms with E-state index in [1.165, 1.54) is 6.07 Å². The fraction of sp³-hybridized carbons (Fsp3) is 0.0625. The summed E-state index contributed by atoms with van der Waals surface area (Å²) in [5.41, 5.74) is -0.0337. The number of anilines is 1. The second-order valence-electron chi connectivity index (χ2n) is 4.70. The second kappa shape index (κ2) is 6.79. The van der Waals surface area contributed by atoms with Crippen LogP contribution in [-0.2, 0) is 0 Å². The third kappa shape index (κ3) is 3.28. The van der Waals surface area contributed by atoms with Crippen LogP contribution in [0.25, 0.3) is 11.5 Å². The monoisotopic (exact) mass is 347 g/mol. The van der Waals surface area contributed by atoms with Crippen LogP contribution in [0.5, 0.6) is 0 Å². The SMILES string of the molecule is CSc1cccc(-c2nnc(NC(=O)c3c(F)cccc3F)o2)c1. The lowest BCUT2D eigenvalue weighted by atomic mass is 10.2. The number of nitrogens with zero attached hydrogens (tertiary/aromatic N) is 2. The highest BCUT2D eigenvalue weighted by molar-refractivity contribution is 7.98. The molecule has 0 radical (unpaired) electrons. The smallest absolute Gasteiger partial charge is 0.322 e. The van der Waals surface area contributed by atoms with Crippen LogP contribution in [-0.4, -0.2) is 22.4 Å². The van der Waals surface area contributed by atoms with Gasteiger partial charge in [0.15, 0.2) is 0 Å². The molecule has 0 aliphatic heterocycles. The van der Waals surface area contributed by atoms with Gasteiger partial charge >= 0.3 is 6.01 Å². The van der Waals surface area contributed by atoms with E-state index in [9.17, 15) is 13.6 Å². The molecule has 3 rings (SSSR count). The number of hydrogen-bond acceptors (Lipinski definition) is 5. The molecule has 0 aliphatic carbocycles. The van der Waals surface area contributed by atoms with Gasteiger partial charge in [0.2, 0.25) is 5.89 Å². The molecule has 0 atom stereocenters. The predicted octanol–water partition coefficient (Wildman–Crippen LogP) is 3.99. The summed E-state index contributed by atoms with van der Waals surface area (Å²) in [6.45, 7) is 0. The molecule has 1 amide bonds. The number of hydrogen-bond donors (Lipinski definition) is 1. The van der Waals surface area contributed by atoms with Crippen LogP contribution < -0.4 is 5.32 Å². The molecule has 0 bridgehead atoms. The summed E-state index contributed by atoms with van der Waals surface area (Å²) >= 11 is 1.55. The van der Waals surface area contributed by atoms with E-state index in [4.69, 9.17) is 4.42 Å². The quantitative estimate of drug-likeness (QED) is 0.723. The summed E-state index contributed by atoms with van der Waals surface area (Å²) in [7, 11) is 0. The van der Waals surface area contributed by atoms with Crippen LogP contribution in [0.15, 0.2) is 51.8 Å². The van der Waals surface area contributed by atoms with Gasteiger partial charge in [0.1, 0.15) is 17.2 Å². The first-order valence-electron chi connectivity index (χ1n) is 6.82. The van der Waals surface area contributed by atoms with Gasteiger partial charge in [-0.25, -0.2) is 8.78 Å². The highest BCUT2D eigenvalue weighted by atomic mass is 32.2. The topological polar surface area (TPSA) is 68.0 Å². The van der Waals surface area contributed by atoms with E-state index >= 15 is 0 Å². The Hall–Kier alpha value is -2.74. The number of carbonyl (C=O) groups is 1. The summed E-state index contributed by atoms with van der Waals surface area (Å²) in [6.07, 6.45) is 1.93. The molecule has 24 heavy (non-hydrogen) atoms. The van der Waals surface area contributed by atoms with Gasteiger partial charge < -0.3 is 4.42 Å². The number of halogens is 2. The maximum atomic E-state index is 13.6. The Morgan fingerprint density at radius 1 is 1.12 bits per heavy atom. The van der Waals surface area contributed by atoms with Crippen LogP contribution in [0.3, 0.4) is 0 Å². The average molecular weight is 347 g/mol. The zero-order valence-corrected chi connectivity index (χ0v) is 13.2. The zero-order valence-electron chi connectivity index (χ0n) is 12.4. The summed E-state index contributed by atoms with van der Waals surface area (Å²) in [6, 6.07) is 10.3. The maximum absolute atomic E-state index is 13.6. The molecule has 0 spiro atoms. The van der Waals surface area contributed by atoms with Gasteiger partial charge in [-0.2, -0.15) is 0 Å². The van der Waals surface area contributed by atoms with Crippen molar-refractivity contribution in [1.82, 2.24) is 10.2 Å². The summed E-state index contributed by atoms with van der Waals surface area (Å²) in [4.78, 5) is 13.0. The number of rotatable bonds is 4. The molecular formula is C16H11F2N3O2S. The van der Waals surface area contributed by atoms with E-state index in [0.717, 1.165) is 17.0 Å². The maximum Gasteiger partial charge on any atom is 0.322 e. The van der Waals surface area contributed by atoms with Crippen molar-refractivity contribution in [2.75, 3.05) is 11.6 Å². The minimum absolute atomic E-state index is 0.190. The van der Waals surface area contributed by atoms with Crippen molar-refractivity contribution in [3.8, 4) is 11.5 Å². The highest BCUT2D eigenvalue weighted by Crippen LogP contribution is 2.25. The Kier molecular flexibility index (Phi) is 4.57. The Morgan fingerprint density at radius 3 is 2.54 bits per heavy atom. The molecule has 5 nitrogen and oxygen atoms in total. The molecule has 1 heterocycles. The summed E-state index contributed by atoms with van der Waals surface area (Å²) in [5, 5.41) is 9.69. The Morgan fingerprint density at radius 2 is 1.83 bits per heavy atom. The average Bonchev–Trinajstić information content (AvgIpc) is 3.03. The van der Waals surface area contributed by atoms with Crippen molar-refractivity contribution >= 4 is 23.7 Å². The minimum Gasteiger partial charge on any atom is -0.403 e. The van der Waals surface area contributed by atoms with Crippen LogP contribution in [0.1, 0.15) is 10.4 Å². The fourth-order valence-corrected chi connectivity index (χ4v) is 2.48. The zero-order chi connectivity index (χ0) is 17.1. The molecule has 0 unspecified atom stereocenters. The van der Waals surface area contributed by atoms with E-state index in [2.05, 4.69) is 15.5 Å². The molecule has 0 aliphatic rings. The number of thioether (sulfide) groups is 1. The Balaban J connectivity index is 1.82. The van der Waals surface area contributed by atoms with E-state index < -0.39 is 23.1 Å². The van der Waals surface area contributed by atoms with Crippen molar-refractivity contribution < 1.29 is 18.0 Å². The lowest BCUT2D eigenvalue weighted by Crippen LogP contribution is -2.16. The molecule has 1 aromatic heterocycles. The minimum atomic E-state index is -1.00. The summed E-state index contributed by atoms with van der Waals surface area (Å²) in [5.74, 6) is -2.76. The first-order chi connectivity index (χ1) is 11.6. The molecule has 2 aromatic carbocycles. The Labute approximate surface area is 140 Å². The van der Waals surface area contributed by atoms with E-state index in [0.29, 0.717) is 5.56 Å².